The molecule has 0 spiro atoms. The number of hydrogen-bond acceptors (Lipinski definition) is 10. The van der Waals surface area contributed by atoms with Gasteiger partial charge in [-0.05, 0) is 0 Å². The van der Waals surface area contributed by atoms with Crippen LogP contribution in [0.1, 0.15) is 20.3 Å². The van der Waals surface area contributed by atoms with Gasteiger partial charge in [0.15, 0.2) is 6.35 Å². The fourth-order valence-corrected chi connectivity index (χ4v) is 2.60. The lowest BCUT2D eigenvalue weighted by Crippen LogP contribution is -2.56. The van der Waals surface area contributed by atoms with E-state index in [1.54, 1.807) is 0 Å². The van der Waals surface area contributed by atoms with E-state index in [2.05, 4.69) is 5.32 Å². The van der Waals surface area contributed by atoms with Crippen LogP contribution in [-0.2, 0) is 28.6 Å². The zero-order valence-electron chi connectivity index (χ0n) is 13.6. The number of carbonyl (C=O) groups is 3. The summed E-state index contributed by atoms with van der Waals surface area (Å²) in [6.07, 6.45) is -4.21. The minimum Gasteiger partial charge on any atom is -0.478 e. The molecule has 0 radical (unpaired) electrons. The number of nitrogens with one attached hydrogen (secondary N) is 1. The number of ether oxygens (including phenoxy) is 3. The number of carbonyl (C=O) groups excluding carboxylic acids is 2. The first-order valence-electron chi connectivity index (χ1n) is 7.49. The molecule has 0 aromatic carbocycles. The second kappa shape index (κ2) is 7.78. The van der Waals surface area contributed by atoms with Gasteiger partial charge in [-0.2, -0.15) is 0 Å². The zero-order valence-corrected chi connectivity index (χ0v) is 13.6. The van der Waals surface area contributed by atoms with E-state index in [0.717, 1.165) is 11.1 Å². The van der Waals surface area contributed by atoms with Crippen LogP contribution in [0.25, 0.3) is 0 Å². The first-order valence-corrected chi connectivity index (χ1v) is 7.49. The SMILES string of the molecule is CC(=O)OC[C@H]1O[C@H](N2C=C(C(=O)O)C(O)NC2O)C[C@@H]1OC(C)=O. The highest BCUT2D eigenvalue weighted by molar-refractivity contribution is 5.87. The maximum absolute atomic E-state index is 11.2. The summed E-state index contributed by atoms with van der Waals surface area (Å²) in [5.41, 5.74) is -0.388. The quantitative estimate of drug-likeness (QED) is 0.405. The smallest absolute Gasteiger partial charge is 0.337 e. The Morgan fingerprint density at radius 3 is 2.56 bits per heavy atom. The molecule has 1 saturated heterocycles. The van der Waals surface area contributed by atoms with E-state index >= 15 is 0 Å². The zero-order chi connectivity index (χ0) is 18.7. The molecule has 0 amide bonds. The second-order valence-electron chi connectivity index (χ2n) is 5.60. The van der Waals surface area contributed by atoms with Gasteiger partial charge in [-0.3, -0.25) is 9.59 Å². The Morgan fingerprint density at radius 1 is 1.32 bits per heavy atom. The summed E-state index contributed by atoms with van der Waals surface area (Å²) in [4.78, 5) is 34.5. The lowest BCUT2D eigenvalue weighted by Gasteiger charge is -2.37. The van der Waals surface area contributed by atoms with Crippen molar-refractivity contribution in [3.05, 3.63) is 11.8 Å². The molecule has 11 nitrogen and oxygen atoms in total. The number of carboxylic acid groups (broad SMARTS) is 1. The molecule has 2 heterocycles. The topological polar surface area (TPSA) is 155 Å². The molecule has 0 aromatic rings. The van der Waals surface area contributed by atoms with Gasteiger partial charge in [0.05, 0.1) is 5.57 Å². The molecular formula is C14H20N2O9. The van der Waals surface area contributed by atoms with E-state index in [4.69, 9.17) is 19.3 Å². The molecule has 2 aliphatic rings. The summed E-state index contributed by atoms with van der Waals surface area (Å²) < 4.78 is 15.7. The lowest BCUT2D eigenvalue weighted by molar-refractivity contribution is -0.163. The Labute approximate surface area is 142 Å². The predicted octanol–water partition coefficient (Wildman–Crippen LogP) is -1.94. The summed E-state index contributed by atoms with van der Waals surface area (Å²) >= 11 is 0. The number of hydrogen-bond donors (Lipinski definition) is 4. The molecule has 0 aromatic heterocycles. The average molecular weight is 360 g/mol. The van der Waals surface area contributed by atoms with Crippen LogP contribution in [0.5, 0.6) is 0 Å². The minimum absolute atomic E-state index is 0.101. The molecule has 0 aliphatic carbocycles. The standard InChI is InChI=1S/C14H20N2O9/c1-6(17)23-5-10-9(24-7(2)18)3-11(25-10)16-4-8(13(20)21)12(19)15-14(16)22/h4,9-12,14-15,19,22H,3,5H2,1-2H3,(H,20,21)/t9-,10+,11-,12?,14?/m0/s1. The van der Waals surface area contributed by atoms with Crippen molar-refractivity contribution in [2.45, 2.75) is 51.3 Å². The molecule has 1 fully saturated rings. The first-order chi connectivity index (χ1) is 11.7. The molecular weight excluding hydrogens is 340 g/mol. The minimum atomic E-state index is -1.55. The van der Waals surface area contributed by atoms with Gasteiger partial charge in [-0.25, -0.2) is 10.1 Å². The van der Waals surface area contributed by atoms with Crippen LogP contribution in [0.4, 0.5) is 0 Å². The third kappa shape index (κ3) is 4.66. The van der Waals surface area contributed by atoms with Crippen LogP contribution in [0.2, 0.25) is 0 Å². The summed E-state index contributed by atoms with van der Waals surface area (Å²) in [6.45, 7) is 2.26. The lowest BCUT2D eigenvalue weighted by atomic mass is 10.1. The highest BCUT2D eigenvalue weighted by atomic mass is 16.6. The monoisotopic (exact) mass is 360 g/mol. The molecule has 5 atom stereocenters. The van der Waals surface area contributed by atoms with E-state index in [-0.39, 0.29) is 18.6 Å². The highest BCUT2D eigenvalue weighted by Crippen LogP contribution is 2.29. The normalized spacial score (nSPS) is 32.1. The van der Waals surface area contributed by atoms with Crippen LogP contribution in [-0.4, -0.2) is 75.7 Å². The number of aliphatic carboxylic acids is 1. The van der Waals surface area contributed by atoms with Gasteiger partial charge >= 0.3 is 17.9 Å². The Hall–Kier alpha value is -2.21. The van der Waals surface area contributed by atoms with Gasteiger partial charge in [0, 0.05) is 26.5 Å². The van der Waals surface area contributed by atoms with E-state index in [1.807, 2.05) is 0 Å². The van der Waals surface area contributed by atoms with Crippen molar-refractivity contribution in [1.82, 2.24) is 10.2 Å². The van der Waals surface area contributed by atoms with Crippen molar-refractivity contribution in [3.8, 4) is 0 Å². The Balaban J connectivity index is 2.16. The third-order valence-corrected chi connectivity index (χ3v) is 3.70. The Kier molecular flexibility index (Phi) is 5.95. The number of carboxylic acids is 1. The Bertz CT molecular complexity index is 579. The van der Waals surface area contributed by atoms with Gasteiger partial charge in [-0.15, -0.1) is 0 Å². The predicted molar refractivity (Wildman–Crippen MR) is 78.2 cm³/mol. The molecule has 140 valence electrons. The molecule has 11 heteroatoms. The molecule has 2 rings (SSSR count). The maximum atomic E-state index is 11.2. The number of nitrogens with zero attached hydrogens (tertiary/aromatic N) is 1. The molecule has 0 bridgehead atoms. The van der Waals surface area contributed by atoms with Crippen molar-refractivity contribution in [3.63, 3.8) is 0 Å². The number of rotatable bonds is 5. The summed E-state index contributed by atoms with van der Waals surface area (Å²) in [6, 6.07) is 0. The second-order valence-corrected chi connectivity index (χ2v) is 5.60. The molecule has 2 unspecified atom stereocenters. The third-order valence-electron chi connectivity index (χ3n) is 3.70. The van der Waals surface area contributed by atoms with Gasteiger partial charge < -0.3 is 34.4 Å². The van der Waals surface area contributed by atoms with E-state index in [0.29, 0.717) is 0 Å². The number of esters is 2. The summed E-state index contributed by atoms with van der Waals surface area (Å²) in [5.74, 6) is -2.47. The van der Waals surface area contributed by atoms with Gasteiger partial charge in [0.1, 0.15) is 31.3 Å². The summed E-state index contributed by atoms with van der Waals surface area (Å²) in [5, 5.41) is 31.0. The maximum Gasteiger partial charge on any atom is 0.337 e. The van der Waals surface area contributed by atoms with Crippen LogP contribution in [0.3, 0.4) is 0 Å². The molecule has 25 heavy (non-hydrogen) atoms. The van der Waals surface area contributed by atoms with E-state index in [9.17, 15) is 24.6 Å². The van der Waals surface area contributed by atoms with Crippen molar-refractivity contribution in [2.24, 2.45) is 0 Å². The van der Waals surface area contributed by atoms with Crippen LogP contribution in [0.15, 0.2) is 11.8 Å². The van der Waals surface area contributed by atoms with Gasteiger partial charge in [0.25, 0.3) is 0 Å². The first kappa shape index (κ1) is 19.1. The Morgan fingerprint density at radius 2 is 2.00 bits per heavy atom. The molecule has 4 N–H and O–H groups in total. The summed E-state index contributed by atoms with van der Waals surface area (Å²) in [7, 11) is 0. The average Bonchev–Trinajstić information content (AvgIpc) is 2.86. The van der Waals surface area contributed by atoms with Crippen molar-refractivity contribution >= 4 is 17.9 Å². The van der Waals surface area contributed by atoms with E-state index in [1.165, 1.54) is 13.8 Å². The van der Waals surface area contributed by atoms with Crippen molar-refractivity contribution in [2.75, 3.05) is 6.61 Å². The molecule has 0 saturated carbocycles. The number of aliphatic hydroxyl groups is 2. The largest absolute Gasteiger partial charge is 0.478 e. The van der Waals surface area contributed by atoms with Crippen LogP contribution in [0, 0.1) is 0 Å². The number of aliphatic hydroxyl groups excluding tert-OH is 2. The van der Waals surface area contributed by atoms with Crippen LogP contribution >= 0.6 is 0 Å². The fourth-order valence-electron chi connectivity index (χ4n) is 2.60. The molecule has 2 aliphatic heterocycles. The van der Waals surface area contributed by atoms with Crippen molar-refractivity contribution in [1.29, 1.82) is 0 Å². The fraction of sp³-hybridized carbons (Fsp3) is 0.643. The van der Waals surface area contributed by atoms with E-state index < -0.39 is 48.9 Å². The van der Waals surface area contributed by atoms with Crippen LogP contribution < -0.4 is 5.32 Å². The van der Waals surface area contributed by atoms with Crippen molar-refractivity contribution < 1.29 is 43.9 Å². The van der Waals surface area contributed by atoms with Gasteiger partial charge in [0.2, 0.25) is 0 Å². The highest BCUT2D eigenvalue weighted by Gasteiger charge is 2.43. The van der Waals surface area contributed by atoms with Gasteiger partial charge in [-0.1, -0.05) is 0 Å².